The van der Waals surface area contributed by atoms with Crippen LogP contribution >= 0.6 is 0 Å². The lowest BCUT2D eigenvalue weighted by atomic mass is 10.1. The van der Waals surface area contributed by atoms with Crippen molar-refractivity contribution in [2.24, 2.45) is 11.8 Å². The van der Waals surface area contributed by atoms with Crippen LogP contribution in [-0.4, -0.2) is 37.6 Å². The maximum Gasteiger partial charge on any atom is -0.000664 e. The fourth-order valence-corrected chi connectivity index (χ4v) is 2.77. The molecule has 94 valence electrons. The summed E-state index contributed by atoms with van der Waals surface area (Å²) < 4.78 is 0. The zero-order chi connectivity index (χ0) is 11.2. The third-order valence-electron chi connectivity index (χ3n) is 4.17. The molecule has 0 aromatic heterocycles. The van der Waals surface area contributed by atoms with E-state index in [4.69, 9.17) is 0 Å². The minimum absolute atomic E-state index is 0.912. The van der Waals surface area contributed by atoms with E-state index in [0.717, 1.165) is 11.8 Å². The highest BCUT2D eigenvalue weighted by molar-refractivity contribution is 4.79. The summed E-state index contributed by atoms with van der Waals surface area (Å²) in [4.78, 5) is 2.63. The second-order valence-corrected chi connectivity index (χ2v) is 5.77. The van der Waals surface area contributed by atoms with Crippen LogP contribution < -0.4 is 5.32 Å². The fraction of sp³-hybridized carbons (Fsp3) is 1.00. The first-order valence-electron chi connectivity index (χ1n) is 7.29. The number of piperidine rings is 1. The molecule has 0 amide bonds. The van der Waals surface area contributed by atoms with Gasteiger partial charge in [-0.25, -0.2) is 0 Å². The molecule has 1 aliphatic heterocycles. The Labute approximate surface area is 101 Å². The zero-order valence-corrected chi connectivity index (χ0v) is 10.9. The second kappa shape index (κ2) is 6.61. The summed E-state index contributed by atoms with van der Waals surface area (Å²) in [5.74, 6) is 1.96. The van der Waals surface area contributed by atoms with Gasteiger partial charge in [0.15, 0.2) is 0 Å². The summed E-state index contributed by atoms with van der Waals surface area (Å²) in [6.45, 7) is 8.86. The van der Waals surface area contributed by atoms with Gasteiger partial charge < -0.3 is 10.2 Å². The molecule has 0 aromatic rings. The average Bonchev–Trinajstić information content (AvgIpc) is 3.13. The van der Waals surface area contributed by atoms with Gasteiger partial charge in [-0.3, -0.25) is 0 Å². The van der Waals surface area contributed by atoms with Gasteiger partial charge in [-0.15, -0.1) is 0 Å². The Hall–Kier alpha value is -0.0800. The number of likely N-dealkylation sites (tertiary alicyclic amines) is 1. The molecule has 16 heavy (non-hydrogen) atoms. The molecule has 1 heterocycles. The van der Waals surface area contributed by atoms with Gasteiger partial charge in [-0.1, -0.05) is 13.3 Å². The molecule has 2 aliphatic rings. The van der Waals surface area contributed by atoms with Gasteiger partial charge in [-0.05, 0) is 76.7 Å². The van der Waals surface area contributed by atoms with E-state index in [9.17, 15) is 0 Å². The Bertz CT molecular complexity index is 183. The van der Waals surface area contributed by atoms with Gasteiger partial charge in [0.1, 0.15) is 0 Å². The van der Waals surface area contributed by atoms with Gasteiger partial charge in [-0.2, -0.15) is 0 Å². The van der Waals surface area contributed by atoms with Crippen molar-refractivity contribution in [1.29, 1.82) is 0 Å². The van der Waals surface area contributed by atoms with Crippen molar-refractivity contribution in [3.63, 3.8) is 0 Å². The van der Waals surface area contributed by atoms with Gasteiger partial charge in [0.25, 0.3) is 0 Å². The lowest BCUT2D eigenvalue weighted by Crippen LogP contribution is -2.33. The van der Waals surface area contributed by atoms with Crippen molar-refractivity contribution in [2.75, 3.05) is 32.7 Å². The summed E-state index contributed by atoms with van der Waals surface area (Å²) in [5.41, 5.74) is 0. The largest absolute Gasteiger partial charge is 0.316 e. The highest BCUT2D eigenvalue weighted by atomic mass is 15.1. The topological polar surface area (TPSA) is 15.3 Å². The van der Waals surface area contributed by atoms with E-state index in [0.29, 0.717) is 0 Å². The van der Waals surface area contributed by atoms with Crippen molar-refractivity contribution >= 4 is 0 Å². The Morgan fingerprint density at radius 1 is 1.19 bits per heavy atom. The Balaban J connectivity index is 1.42. The van der Waals surface area contributed by atoms with Crippen LogP contribution in [0.15, 0.2) is 0 Å². The Morgan fingerprint density at radius 2 is 1.94 bits per heavy atom. The maximum absolute atomic E-state index is 3.62. The summed E-state index contributed by atoms with van der Waals surface area (Å²) in [5, 5.41) is 3.62. The molecule has 0 radical (unpaired) electrons. The fourth-order valence-electron chi connectivity index (χ4n) is 2.77. The molecular weight excluding hydrogens is 196 g/mol. The standard InChI is InChI=1S/C14H28N2/c1-13(14-6-7-14)12-15-8-5-11-16-9-3-2-4-10-16/h13-15H,2-12H2,1H3. The van der Waals surface area contributed by atoms with E-state index in [2.05, 4.69) is 17.1 Å². The van der Waals surface area contributed by atoms with Crippen molar-refractivity contribution in [1.82, 2.24) is 10.2 Å². The monoisotopic (exact) mass is 224 g/mol. The van der Waals surface area contributed by atoms with E-state index < -0.39 is 0 Å². The van der Waals surface area contributed by atoms with Gasteiger partial charge in [0.05, 0.1) is 0 Å². The Morgan fingerprint density at radius 3 is 2.62 bits per heavy atom. The molecule has 1 saturated heterocycles. The molecular formula is C14H28N2. The lowest BCUT2D eigenvalue weighted by Gasteiger charge is -2.26. The molecule has 2 fully saturated rings. The van der Waals surface area contributed by atoms with Crippen LogP contribution in [0.25, 0.3) is 0 Å². The maximum atomic E-state index is 3.62. The van der Waals surface area contributed by atoms with Gasteiger partial charge >= 0.3 is 0 Å². The minimum atomic E-state index is 0.912. The lowest BCUT2D eigenvalue weighted by molar-refractivity contribution is 0.225. The molecule has 0 aromatic carbocycles. The predicted molar refractivity (Wildman–Crippen MR) is 69.7 cm³/mol. The molecule has 1 aliphatic carbocycles. The van der Waals surface area contributed by atoms with Crippen LogP contribution in [0.2, 0.25) is 0 Å². The van der Waals surface area contributed by atoms with Crippen LogP contribution in [0.1, 0.15) is 45.4 Å². The van der Waals surface area contributed by atoms with Crippen molar-refractivity contribution in [3.8, 4) is 0 Å². The third-order valence-corrected chi connectivity index (χ3v) is 4.17. The first-order valence-corrected chi connectivity index (χ1v) is 7.29. The smallest absolute Gasteiger partial charge is 0.000664 e. The number of nitrogens with zero attached hydrogens (tertiary/aromatic N) is 1. The van der Waals surface area contributed by atoms with E-state index in [1.165, 1.54) is 71.2 Å². The summed E-state index contributed by atoms with van der Waals surface area (Å²) >= 11 is 0. The average molecular weight is 224 g/mol. The first kappa shape index (κ1) is 12.4. The Kier molecular flexibility index (Phi) is 5.11. The van der Waals surface area contributed by atoms with Crippen molar-refractivity contribution in [3.05, 3.63) is 0 Å². The SMILES string of the molecule is CC(CNCCCN1CCCCC1)C1CC1. The second-order valence-electron chi connectivity index (χ2n) is 5.77. The van der Waals surface area contributed by atoms with E-state index >= 15 is 0 Å². The molecule has 0 spiro atoms. The zero-order valence-electron chi connectivity index (χ0n) is 10.9. The molecule has 1 atom stereocenters. The number of hydrogen-bond acceptors (Lipinski definition) is 2. The number of hydrogen-bond donors (Lipinski definition) is 1. The first-order chi connectivity index (χ1) is 7.86. The molecule has 2 rings (SSSR count). The summed E-state index contributed by atoms with van der Waals surface area (Å²) in [6, 6.07) is 0. The molecule has 1 unspecified atom stereocenters. The van der Waals surface area contributed by atoms with E-state index in [-0.39, 0.29) is 0 Å². The predicted octanol–water partition coefficient (Wildman–Crippen LogP) is 2.50. The quantitative estimate of drug-likeness (QED) is 0.668. The van der Waals surface area contributed by atoms with Crippen LogP contribution in [0.5, 0.6) is 0 Å². The van der Waals surface area contributed by atoms with E-state index in [1.54, 1.807) is 0 Å². The van der Waals surface area contributed by atoms with Gasteiger partial charge in [0, 0.05) is 0 Å². The molecule has 2 nitrogen and oxygen atoms in total. The molecule has 1 saturated carbocycles. The number of rotatable bonds is 7. The summed E-state index contributed by atoms with van der Waals surface area (Å²) in [6.07, 6.45) is 8.59. The van der Waals surface area contributed by atoms with Crippen LogP contribution in [0, 0.1) is 11.8 Å². The van der Waals surface area contributed by atoms with Crippen molar-refractivity contribution in [2.45, 2.75) is 45.4 Å². The third kappa shape index (κ3) is 4.42. The number of nitrogens with one attached hydrogen (secondary N) is 1. The van der Waals surface area contributed by atoms with Crippen molar-refractivity contribution < 1.29 is 0 Å². The van der Waals surface area contributed by atoms with E-state index in [1.807, 2.05) is 0 Å². The van der Waals surface area contributed by atoms with Crippen LogP contribution in [0.3, 0.4) is 0 Å². The molecule has 1 N–H and O–H groups in total. The normalized spacial score (nSPS) is 24.6. The molecule has 0 bridgehead atoms. The molecule has 2 heteroatoms. The van der Waals surface area contributed by atoms with Crippen LogP contribution in [-0.2, 0) is 0 Å². The highest BCUT2D eigenvalue weighted by Crippen LogP contribution is 2.35. The summed E-state index contributed by atoms with van der Waals surface area (Å²) in [7, 11) is 0. The van der Waals surface area contributed by atoms with Gasteiger partial charge in [0.2, 0.25) is 0 Å². The van der Waals surface area contributed by atoms with Crippen LogP contribution in [0.4, 0.5) is 0 Å². The highest BCUT2D eigenvalue weighted by Gasteiger charge is 2.27. The minimum Gasteiger partial charge on any atom is -0.316 e.